The number of hydrogen-bond donors (Lipinski definition) is 0. The zero-order chi connectivity index (χ0) is 23.4. The van der Waals surface area contributed by atoms with E-state index in [2.05, 4.69) is 46.8 Å². The Hall–Kier alpha value is -2.16. The van der Waals surface area contributed by atoms with Gasteiger partial charge in [-0.25, -0.2) is 0 Å². The maximum Gasteiger partial charge on any atom is 0.164 e. The van der Waals surface area contributed by atoms with Gasteiger partial charge in [0.2, 0.25) is 0 Å². The van der Waals surface area contributed by atoms with Crippen LogP contribution in [-0.2, 0) is 9.59 Å². The Kier molecular flexibility index (Phi) is 11.5. The zero-order valence-electron chi connectivity index (χ0n) is 20.4. The first kappa shape index (κ1) is 26.9. The molecule has 1 rings (SSSR count). The van der Waals surface area contributed by atoms with Gasteiger partial charge in [-0.2, -0.15) is 0 Å². The van der Waals surface area contributed by atoms with Gasteiger partial charge in [-0.1, -0.05) is 88.0 Å². The van der Waals surface area contributed by atoms with Crippen LogP contribution in [0.2, 0.25) is 0 Å². The first-order valence-corrected chi connectivity index (χ1v) is 11.7. The molecule has 0 aromatic rings. The number of aliphatic carboxylic acids is 1. The average Bonchev–Trinajstić information content (AvgIpc) is 2.66. The van der Waals surface area contributed by atoms with Gasteiger partial charge in [0.15, 0.2) is 5.78 Å². The van der Waals surface area contributed by atoms with Crippen molar-refractivity contribution in [3.8, 4) is 0 Å². The number of ketones is 1. The summed E-state index contributed by atoms with van der Waals surface area (Å²) in [4.78, 5) is 23.7. The van der Waals surface area contributed by atoms with Gasteiger partial charge in [-0.3, -0.25) is 4.79 Å². The van der Waals surface area contributed by atoms with Gasteiger partial charge >= 0.3 is 0 Å². The molecule has 0 spiro atoms. The van der Waals surface area contributed by atoms with Crippen molar-refractivity contribution in [3.05, 3.63) is 58.7 Å². The summed E-state index contributed by atoms with van der Waals surface area (Å²) in [6, 6.07) is 0. The predicted octanol–water partition coefficient (Wildman–Crippen LogP) is 6.42. The van der Waals surface area contributed by atoms with E-state index in [1.807, 2.05) is 25.2 Å². The highest BCUT2D eigenvalue weighted by Gasteiger charge is 2.26. The Morgan fingerprint density at radius 2 is 1.81 bits per heavy atom. The summed E-state index contributed by atoms with van der Waals surface area (Å²) in [7, 11) is 0. The Balaban J connectivity index is 2.74. The van der Waals surface area contributed by atoms with Crippen molar-refractivity contribution in [1.29, 1.82) is 0 Å². The summed E-state index contributed by atoms with van der Waals surface area (Å²) < 4.78 is 0. The number of carbonyl (C=O) groups excluding carboxylic acids is 2. The lowest BCUT2D eigenvalue weighted by Gasteiger charge is -2.32. The maximum atomic E-state index is 12.4. The molecular weight excluding hydrogens is 384 g/mol. The monoisotopic (exact) mass is 425 g/mol. The number of hydrogen-bond acceptors (Lipinski definition) is 3. The number of carboxylic acids is 1. The summed E-state index contributed by atoms with van der Waals surface area (Å²) in [6.07, 6.45) is 19.4. The molecule has 31 heavy (non-hydrogen) atoms. The molecule has 0 saturated heterocycles. The number of allylic oxidation sites excluding steroid dienone is 10. The minimum atomic E-state index is -1.27. The van der Waals surface area contributed by atoms with Crippen molar-refractivity contribution >= 4 is 11.8 Å². The van der Waals surface area contributed by atoms with E-state index in [0.29, 0.717) is 6.42 Å². The normalized spacial score (nSPS) is 18.8. The van der Waals surface area contributed by atoms with Crippen LogP contribution in [0.25, 0.3) is 0 Å². The van der Waals surface area contributed by atoms with Crippen LogP contribution in [0.15, 0.2) is 58.7 Å². The van der Waals surface area contributed by atoms with Crippen molar-refractivity contribution in [1.82, 2.24) is 0 Å². The number of carbonyl (C=O) groups is 2. The molecule has 0 N–H and O–H groups in total. The van der Waals surface area contributed by atoms with E-state index in [0.717, 1.165) is 36.8 Å². The van der Waals surface area contributed by atoms with Gasteiger partial charge in [-0.05, 0) is 69.1 Å². The first-order chi connectivity index (χ1) is 14.6. The number of unbranched alkanes of at least 4 members (excludes halogenated alkanes) is 3. The van der Waals surface area contributed by atoms with Crippen molar-refractivity contribution in [2.24, 2.45) is 11.3 Å². The van der Waals surface area contributed by atoms with Gasteiger partial charge < -0.3 is 9.90 Å². The van der Waals surface area contributed by atoms with E-state index in [4.69, 9.17) is 0 Å². The molecule has 0 amide bonds. The largest absolute Gasteiger partial charge is 0.549 e. The Morgan fingerprint density at radius 3 is 2.42 bits per heavy atom. The van der Waals surface area contributed by atoms with Crippen LogP contribution >= 0.6 is 0 Å². The van der Waals surface area contributed by atoms with E-state index >= 15 is 0 Å². The zero-order valence-corrected chi connectivity index (χ0v) is 20.4. The highest BCUT2D eigenvalue weighted by molar-refractivity contribution is 6.04. The third-order valence-corrected chi connectivity index (χ3v) is 6.12. The fourth-order valence-electron chi connectivity index (χ4n) is 4.16. The summed E-state index contributed by atoms with van der Waals surface area (Å²) >= 11 is 0. The van der Waals surface area contributed by atoms with Crippen LogP contribution in [0.5, 0.6) is 0 Å². The molecule has 0 radical (unpaired) electrons. The molecule has 1 unspecified atom stereocenters. The number of rotatable bonds is 12. The van der Waals surface area contributed by atoms with Crippen LogP contribution in [-0.4, -0.2) is 11.8 Å². The molecule has 0 aliphatic heterocycles. The maximum absolute atomic E-state index is 12.4. The second-order valence-electron chi connectivity index (χ2n) is 9.55. The Labute approximate surface area is 189 Å². The van der Waals surface area contributed by atoms with Gasteiger partial charge in [0, 0.05) is 0 Å². The van der Waals surface area contributed by atoms with Crippen LogP contribution in [0, 0.1) is 11.3 Å². The molecule has 172 valence electrons. The molecule has 0 aromatic heterocycles. The van der Waals surface area contributed by atoms with Gasteiger partial charge in [-0.15, -0.1) is 0 Å². The lowest BCUT2D eigenvalue weighted by atomic mass is 9.72. The SMILES string of the molecule is CCCCCCC(C(=O)[O-])C(=O)/C=C(C)/C=C/C=C(C)/C=C/C1=C(C)CCCC1(C)C. The number of carboxylic acid groups (broad SMARTS) is 1. The fourth-order valence-corrected chi connectivity index (χ4v) is 4.16. The lowest BCUT2D eigenvalue weighted by molar-refractivity contribution is -0.310. The lowest BCUT2D eigenvalue weighted by Crippen LogP contribution is -2.35. The third-order valence-electron chi connectivity index (χ3n) is 6.12. The van der Waals surface area contributed by atoms with Crippen LogP contribution in [0.4, 0.5) is 0 Å². The quantitative estimate of drug-likeness (QED) is 0.157. The minimum Gasteiger partial charge on any atom is -0.549 e. The topological polar surface area (TPSA) is 57.2 Å². The molecule has 0 bridgehead atoms. The van der Waals surface area contributed by atoms with Gasteiger partial charge in [0.1, 0.15) is 0 Å². The van der Waals surface area contributed by atoms with Crippen LogP contribution < -0.4 is 5.11 Å². The molecule has 1 aliphatic carbocycles. The summed E-state index contributed by atoms with van der Waals surface area (Å²) in [5.41, 5.74) is 5.00. The summed E-state index contributed by atoms with van der Waals surface area (Å²) in [5.74, 6) is -2.69. The van der Waals surface area contributed by atoms with Crippen LogP contribution in [0.3, 0.4) is 0 Å². The molecule has 0 saturated carbocycles. The Morgan fingerprint density at radius 1 is 1.10 bits per heavy atom. The van der Waals surface area contributed by atoms with E-state index < -0.39 is 11.9 Å². The van der Waals surface area contributed by atoms with Crippen molar-refractivity contribution in [3.63, 3.8) is 0 Å². The van der Waals surface area contributed by atoms with Gasteiger partial charge in [0.25, 0.3) is 0 Å². The second kappa shape index (κ2) is 13.3. The molecule has 0 fully saturated rings. The van der Waals surface area contributed by atoms with E-state index in [1.165, 1.54) is 36.5 Å². The minimum absolute atomic E-state index is 0.223. The van der Waals surface area contributed by atoms with Crippen molar-refractivity contribution in [2.75, 3.05) is 0 Å². The van der Waals surface area contributed by atoms with E-state index in [9.17, 15) is 14.7 Å². The molecular formula is C28H41O3-. The van der Waals surface area contributed by atoms with E-state index in [1.54, 1.807) is 0 Å². The molecule has 1 atom stereocenters. The fraction of sp³-hybridized carbons (Fsp3) is 0.571. The third kappa shape index (κ3) is 9.67. The van der Waals surface area contributed by atoms with Crippen molar-refractivity contribution < 1.29 is 14.7 Å². The Bertz CT molecular complexity index is 772. The highest BCUT2D eigenvalue weighted by atomic mass is 16.4. The summed E-state index contributed by atoms with van der Waals surface area (Å²) in [5, 5.41) is 11.4. The first-order valence-electron chi connectivity index (χ1n) is 11.7. The molecule has 3 heteroatoms. The molecule has 3 nitrogen and oxygen atoms in total. The highest BCUT2D eigenvalue weighted by Crippen LogP contribution is 2.40. The molecule has 1 aliphatic rings. The summed E-state index contributed by atoms with van der Waals surface area (Å²) in [6.45, 7) is 12.8. The standard InChI is InChI=1S/C28H42O3/c1-7-8-9-10-16-24(27(30)31)26(29)20-22(3)14-11-13-21(2)17-18-25-23(4)15-12-19-28(25,5)6/h11,13-14,17-18,20,24H,7-10,12,15-16,19H2,1-6H3,(H,30,31)/p-1/b14-11+,18-17+,21-13+,22-20+. The molecule has 0 heterocycles. The average molecular weight is 426 g/mol. The van der Waals surface area contributed by atoms with Crippen molar-refractivity contribution in [2.45, 2.75) is 92.9 Å². The van der Waals surface area contributed by atoms with Crippen LogP contribution in [0.1, 0.15) is 92.9 Å². The predicted molar refractivity (Wildman–Crippen MR) is 128 cm³/mol. The molecule has 0 aromatic carbocycles. The van der Waals surface area contributed by atoms with E-state index in [-0.39, 0.29) is 11.2 Å². The second-order valence-corrected chi connectivity index (χ2v) is 9.55. The van der Waals surface area contributed by atoms with Gasteiger partial charge in [0.05, 0.1) is 11.9 Å². The smallest absolute Gasteiger partial charge is 0.164 e.